The highest BCUT2D eigenvalue weighted by atomic mass is 19.1. The minimum atomic E-state index is -0.294. The molecule has 0 saturated heterocycles. The molecular weight excluding hydrogens is 298 g/mol. The third-order valence-electron chi connectivity index (χ3n) is 3.75. The number of benzene rings is 2. The van der Waals surface area contributed by atoms with Gasteiger partial charge in [-0.05, 0) is 48.0 Å². The molecule has 4 rings (SSSR count). The molecule has 3 aromatic rings. The Morgan fingerprint density at radius 1 is 0.913 bits per heavy atom. The molecule has 1 aliphatic heterocycles. The lowest BCUT2D eigenvalue weighted by Crippen LogP contribution is -2.20. The Balaban J connectivity index is 1.80. The van der Waals surface area contributed by atoms with Crippen LogP contribution in [0.2, 0.25) is 0 Å². The highest BCUT2D eigenvalue weighted by Gasteiger charge is 2.22. The van der Waals surface area contributed by atoms with E-state index in [1.165, 1.54) is 30.6 Å². The van der Waals surface area contributed by atoms with Gasteiger partial charge < -0.3 is 5.32 Å². The second-order valence-electron chi connectivity index (χ2n) is 5.23. The second-order valence-corrected chi connectivity index (χ2v) is 5.23. The number of hydrogen-bond acceptors (Lipinski definition) is 3. The summed E-state index contributed by atoms with van der Waals surface area (Å²) >= 11 is 0. The van der Waals surface area contributed by atoms with Gasteiger partial charge in [-0.25, -0.2) is 8.78 Å². The van der Waals surface area contributed by atoms with Crippen molar-refractivity contribution in [3.63, 3.8) is 0 Å². The smallest absolute Gasteiger partial charge is 0.226 e. The van der Waals surface area contributed by atoms with E-state index in [1.54, 1.807) is 28.9 Å². The van der Waals surface area contributed by atoms with E-state index < -0.39 is 0 Å². The van der Waals surface area contributed by atoms with Crippen LogP contribution in [-0.2, 0) is 0 Å². The number of fused-ring (bicyclic) bond motifs is 1. The van der Waals surface area contributed by atoms with Gasteiger partial charge in [0.15, 0.2) is 0 Å². The van der Waals surface area contributed by atoms with Gasteiger partial charge in [-0.3, -0.25) is 0 Å². The number of nitrogens with one attached hydrogen (secondary N) is 1. The normalized spacial score (nSPS) is 16.4. The predicted molar refractivity (Wildman–Crippen MR) is 82.6 cm³/mol. The fraction of sp³-hybridized carbons (Fsp3) is 0.0588. The first-order valence-corrected chi connectivity index (χ1v) is 7.11. The Labute approximate surface area is 131 Å². The maximum Gasteiger partial charge on any atom is 0.226 e. The number of anilines is 1. The lowest BCUT2D eigenvalue weighted by atomic mass is 10.0. The van der Waals surface area contributed by atoms with Gasteiger partial charge in [0, 0.05) is 5.56 Å². The molecule has 1 unspecified atom stereocenters. The largest absolute Gasteiger partial charge is 0.344 e. The third kappa shape index (κ3) is 2.48. The van der Waals surface area contributed by atoms with Crippen molar-refractivity contribution in [1.29, 1.82) is 0 Å². The van der Waals surface area contributed by atoms with Gasteiger partial charge in [0.05, 0.1) is 11.7 Å². The van der Waals surface area contributed by atoms with E-state index in [-0.39, 0.29) is 17.7 Å². The summed E-state index contributed by atoms with van der Waals surface area (Å²) < 4.78 is 28.0. The third-order valence-corrected chi connectivity index (χ3v) is 3.75. The average molecular weight is 310 g/mol. The number of nitrogens with zero attached hydrogens (tertiary/aromatic N) is 3. The summed E-state index contributed by atoms with van der Waals surface area (Å²) in [6, 6.07) is 12.3. The summed E-state index contributed by atoms with van der Waals surface area (Å²) in [5, 5.41) is 7.44. The molecule has 114 valence electrons. The lowest BCUT2D eigenvalue weighted by Gasteiger charge is -2.24. The Morgan fingerprint density at radius 2 is 1.57 bits per heavy atom. The first-order chi connectivity index (χ1) is 11.2. The molecule has 0 amide bonds. The first-order valence-electron chi connectivity index (χ1n) is 7.11. The van der Waals surface area contributed by atoms with Gasteiger partial charge in [-0.1, -0.05) is 12.1 Å². The highest BCUT2D eigenvalue weighted by Crippen LogP contribution is 2.31. The van der Waals surface area contributed by atoms with E-state index in [9.17, 15) is 8.78 Å². The molecule has 0 spiro atoms. The fourth-order valence-corrected chi connectivity index (χ4v) is 2.61. The van der Waals surface area contributed by atoms with Gasteiger partial charge >= 0.3 is 0 Å². The van der Waals surface area contributed by atoms with E-state index in [2.05, 4.69) is 15.4 Å². The molecule has 1 N–H and O–H groups in total. The molecule has 1 aromatic heterocycles. The van der Waals surface area contributed by atoms with Crippen molar-refractivity contribution in [2.24, 2.45) is 0 Å². The molecule has 2 aromatic carbocycles. The summed E-state index contributed by atoms with van der Waals surface area (Å²) in [5.74, 6) is 0.00815. The highest BCUT2D eigenvalue weighted by molar-refractivity contribution is 5.71. The minimum absolute atomic E-state index is 0.174. The quantitative estimate of drug-likeness (QED) is 0.786. The molecule has 0 fully saturated rings. The first kappa shape index (κ1) is 13.6. The summed E-state index contributed by atoms with van der Waals surface area (Å²) in [6.07, 6.45) is 3.41. The van der Waals surface area contributed by atoms with Crippen LogP contribution in [0.1, 0.15) is 17.2 Å². The Kier molecular flexibility index (Phi) is 3.15. The standard InChI is InChI=1S/C17H12F2N4/c18-13-5-1-11(2-6-13)15-9-16(12-3-7-14(19)8-4-12)23-17(22-15)20-10-21-23/h1-10,15H,(H,20,21,22). The van der Waals surface area contributed by atoms with E-state index in [1.807, 2.05) is 6.08 Å². The van der Waals surface area contributed by atoms with E-state index in [4.69, 9.17) is 0 Å². The maximum atomic E-state index is 13.2. The zero-order valence-electron chi connectivity index (χ0n) is 11.9. The molecule has 0 radical (unpaired) electrons. The maximum absolute atomic E-state index is 13.2. The number of rotatable bonds is 2. The van der Waals surface area contributed by atoms with Crippen molar-refractivity contribution < 1.29 is 8.78 Å². The molecule has 0 bridgehead atoms. The summed E-state index contributed by atoms with van der Waals surface area (Å²) in [7, 11) is 0. The van der Waals surface area contributed by atoms with Crippen molar-refractivity contribution >= 4 is 11.6 Å². The van der Waals surface area contributed by atoms with Crippen LogP contribution in [0.4, 0.5) is 14.7 Å². The SMILES string of the molecule is Fc1ccc(C2=CC(c3ccc(F)cc3)Nc3ncnn32)cc1. The molecule has 6 heteroatoms. The van der Waals surface area contributed by atoms with E-state index in [0.717, 1.165) is 16.8 Å². The summed E-state index contributed by atoms with van der Waals surface area (Å²) in [5.41, 5.74) is 2.53. The number of aromatic nitrogens is 3. The van der Waals surface area contributed by atoms with Gasteiger partial charge in [0.2, 0.25) is 5.95 Å². The molecule has 0 aliphatic carbocycles. The van der Waals surface area contributed by atoms with Crippen molar-refractivity contribution in [2.45, 2.75) is 6.04 Å². The molecule has 4 nitrogen and oxygen atoms in total. The molecule has 1 aliphatic rings. The molecule has 23 heavy (non-hydrogen) atoms. The van der Waals surface area contributed by atoms with Crippen LogP contribution in [0.5, 0.6) is 0 Å². The Morgan fingerprint density at radius 3 is 2.26 bits per heavy atom. The molecule has 2 heterocycles. The molecule has 0 saturated carbocycles. The number of halogens is 2. The van der Waals surface area contributed by atoms with Crippen LogP contribution < -0.4 is 5.32 Å². The summed E-state index contributed by atoms with van der Waals surface area (Å²) in [4.78, 5) is 4.20. The van der Waals surface area contributed by atoms with Crippen LogP contribution >= 0.6 is 0 Å². The topological polar surface area (TPSA) is 42.7 Å². The van der Waals surface area contributed by atoms with Crippen LogP contribution in [0.15, 0.2) is 60.9 Å². The molecular formula is C17H12F2N4. The van der Waals surface area contributed by atoms with E-state index in [0.29, 0.717) is 5.95 Å². The Bertz CT molecular complexity index is 866. The zero-order valence-corrected chi connectivity index (χ0v) is 11.9. The number of hydrogen-bond donors (Lipinski definition) is 1. The van der Waals surface area contributed by atoms with Crippen LogP contribution in [0.3, 0.4) is 0 Å². The second kappa shape index (κ2) is 5.31. The minimum Gasteiger partial charge on any atom is -0.344 e. The van der Waals surface area contributed by atoms with Crippen molar-refractivity contribution in [2.75, 3.05) is 5.32 Å². The average Bonchev–Trinajstić information content (AvgIpc) is 3.04. The van der Waals surface area contributed by atoms with Gasteiger partial charge in [-0.2, -0.15) is 14.8 Å². The lowest BCUT2D eigenvalue weighted by molar-refractivity contribution is 0.626. The van der Waals surface area contributed by atoms with Crippen molar-refractivity contribution in [1.82, 2.24) is 14.8 Å². The predicted octanol–water partition coefficient (Wildman–Crippen LogP) is 3.61. The van der Waals surface area contributed by atoms with Crippen LogP contribution in [0, 0.1) is 11.6 Å². The van der Waals surface area contributed by atoms with Crippen LogP contribution in [-0.4, -0.2) is 14.8 Å². The molecule has 1 atom stereocenters. The van der Waals surface area contributed by atoms with Crippen molar-refractivity contribution in [3.05, 3.63) is 83.7 Å². The Hall–Kier alpha value is -3.02. The van der Waals surface area contributed by atoms with Crippen molar-refractivity contribution in [3.8, 4) is 0 Å². The van der Waals surface area contributed by atoms with Gasteiger partial charge in [-0.15, -0.1) is 0 Å². The summed E-state index contributed by atoms with van der Waals surface area (Å²) in [6.45, 7) is 0. The van der Waals surface area contributed by atoms with E-state index >= 15 is 0 Å². The zero-order chi connectivity index (χ0) is 15.8. The van der Waals surface area contributed by atoms with Crippen LogP contribution in [0.25, 0.3) is 5.70 Å². The van der Waals surface area contributed by atoms with Gasteiger partial charge in [0.25, 0.3) is 0 Å². The van der Waals surface area contributed by atoms with Gasteiger partial charge in [0.1, 0.15) is 18.0 Å². The monoisotopic (exact) mass is 310 g/mol. The fourth-order valence-electron chi connectivity index (χ4n) is 2.61.